The van der Waals surface area contributed by atoms with Gasteiger partial charge >= 0.3 is 5.97 Å². The number of hydrogen-bond acceptors (Lipinski definition) is 4. The van der Waals surface area contributed by atoms with Crippen molar-refractivity contribution in [1.29, 1.82) is 0 Å². The average Bonchev–Trinajstić information content (AvgIpc) is 2.62. The fourth-order valence-corrected chi connectivity index (χ4v) is 3.60. The minimum absolute atomic E-state index is 0.596. The van der Waals surface area contributed by atoms with Crippen molar-refractivity contribution in [3.8, 4) is 11.4 Å². The highest BCUT2D eigenvalue weighted by Gasteiger charge is 2.40. The third kappa shape index (κ3) is 3.87. The number of aryl methyl sites for hydroxylation is 1. The number of carboxylic acids is 1. The van der Waals surface area contributed by atoms with E-state index in [2.05, 4.69) is 33.9 Å². The van der Waals surface area contributed by atoms with Gasteiger partial charge in [0, 0.05) is 36.6 Å². The lowest BCUT2D eigenvalue weighted by Gasteiger charge is -2.39. The monoisotopic (exact) mass is 339 g/mol. The van der Waals surface area contributed by atoms with Crippen molar-refractivity contribution in [3.05, 3.63) is 47.8 Å². The van der Waals surface area contributed by atoms with Crippen LogP contribution in [-0.4, -0.2) is 39.0 Å². The highest BCUT2D eigenvalue weighted by molar-refractivity contribution is 5.75. The number of aliphatic carboxylic acids is 1. The Hall–Kier alpha value is -2.27. The van der Waals surface area contributed by atoms with E-state index in [-0.39, 0.29) is 0 Å². The number of carboxylic acid groups (broad SMARTS) is 1. The van der Waals surface area contributed by atoms with Crippen molar-refractivity contribution in [1.82, 2.24) is 14.9 Å². The Labute approximate surface area is 148 Å². The van der Waals surface area contributed by atoms with Crippen LogP contribution in [0.5, 0.6) is 0 Å². The summed E-state index contributed by atoms with van der Waals surface area (Å²) in [5, 5.41) is 9.61. The molecule has 0 spiro atoms. The summed E-state index contributed by atoms with van der Waals surface area (Å²) in [5.41, 5.74) is 2.61. The molecule has 1 unspecified atom stereocenters. The number of benzene rings is 1. The van der Waals surface area contributed by atoms with E-state index < -0.39 is 11.4 Å². The van der Waals surface area contributed by atoms with Gasteiger partial charge in [0.15, 0.2) is 5.82 Å². The highest BCUT2D eigenvalue weighted by atomic mass is 16.4. The Balaban J connectivity index is 1.70. The first-order chi connectivity index (χ1) is 12.0. The molecule has 0 amide bonds. The smallest absolute Gasteiger partial charge is 0.310 e. The van der Waals surface area contributed by atoms with E-state index in [1.54, 1.807) is 0 Å². The quantitative estimate of drug-likeness (QED) is 0.903. The number of nitrogens with zero attached hydrogens (tertiary/aromatic N) is 3. The maximum atomic E-state index is 11.7. The van der Waals surface area contributed by atoms with Crippen LogP contribution in [0, 0.1) is 12.3 Å². The molecule has 1 fully saturated rings. The molecule has 132 valence electrons. The zero-order valence-corrected chi connectivity index (χ0v) is 14.9. The van der Waals surface area contributed by atoms with E-state index in [0.29, 0.717) is 19.5 Å². The largest absolute Gasteiger partial charge is 0.481 e. The Morgan fingerprint density at radius 3 is 2.72 bits per heavy atom. The van der Waals surface area contributed by atoms with Crippen molar-refractivity contribution in [2.24, 2.45) is 5.41 Å². The Morgan fingerprint density at radius 2 is 2.08 bits per heavy atom. The van der Waals surface area contributed by atoms with Crippen LogP contribution in [-0.2, 0) is 11.3 Å². The zero-order chi connectivity index (χ0) is 17.9. The van der Waals surface area contributed by atoms with Crippen LogP contribution in [0.1, 0.15) is 37.3 Å². The molecule has 1 atom stereocenters. The van der Waals surface area contributed by atoms with Crippen LogP contribution < -0.4 is 0 Å². The molecule has 2 aromatic rings. The fraction of sp³-hybridized carbons (Fsp3) is 0.450. The summed E-state index contributed by atoms with van der Waals surface area (Å²) in [5.74, 6) is 0.0466. The van der Waals surface area contributed by atoms with Gasteiger partial charge in [-0.15, -0.1) is 0 Å². The Morgan fingerprint density at radius 1 is 1.32 bits per heavy atom. The second-order valence-corrected chi connectivity index (χ2v) is 7.04. The van der Waals surface area contributed by atoms with Crippen molar-refractivity contribution in [2.45, 2.75) is 39.7 Å². The van der Waals surface area contributed by atoms with Crippen LogP contribution in [0.15, 0.2) is 36.7 Å². The Bertz CT molecular complexity index is 745. The number of aromatic nitrogens is 2. The average molecular weight is 339 g/mol. The number of rotatable bonds is 5. The summed E-state index contributed by atoms with van der Waals surface area (Å²) >= 11 is 0. The predicted octanol–water partition coefficient (Wildman–Crippen LogP) is 3.53. The molecule has 2 heterocycles. The molecule has 0 radical (unpaired) electrons. The molecule has 1 aliphatic rings. The van der Waals surface area contributed by atoms with Gasteiger partial charge in [0.05, 0.1) is 5.41 Å². The van der Waals surface area contributed by atoms with E-state index in [1.807, 2.05) is 31.5 Å². The maximum absolute atomic E-state index is 11.7. The summed E-state index contributed by atoms with van der Waals surface area (Å²) in [7, 11) is 0. The van der Waals surface area contributed by atoms with Crippen LogP contribution in [0.2, 0.25) is 0 Å². The van der Waals surface area contributed by atoms with Gasteiger partial charge in [0.1, 0.15) is 0 Å². The van der Waals surface area contributed by atoms with E-state index >= 15 is 0 Å². The second-order valence-electron chi connectivity index (χ2n) is 7.04. The van der Waals surface area contributed by atoms with Gasteiger partial charge < -0.3 is 5.11 Å². The first-order valence-electron chi connectivity index (χ1n) is 8.86. The molecule has 0 saturated carbocycles. The number of carbonyl (C=O) groups is 1. The molecule has 1 aromatic carbocycles. The van der Waals surface area contributed by atoms with E-state index in [9.17, 15) is 9.90 Å². The lowest BCUT2D eigenvalue weighted by atomic mass is 9.77. The van der Waals surface area contributed by atoms with E-state index in [4.69, 9.17) is 0 Å². The van der Waals surface area contributed by atoms with Crippen molar-refractivity contribution >= 4 is 5.97 Å². The number of piperidine rings is 1. The van der Waals surface area contributed by atoms with Crippen LogP contribution in [0.3, 0.4) is 0 Å². The van der Waals surface area contributed by atoms with Gasteiger partial charge in [-0.2, -0.15) is 0 Å². The SMILES string of the molecule is CCC1(C(=O)O)CCCN(Cc2cnc(-c3cccc(C)c3)nc2)C1. The molecule has 0 bridgehead atoms. The molecule has 5 nitrogen and oxygen atoms in total. The highest BCUT2D eigenvalue weighted by Crippen LogP contribution is 2.34. The lowest BCUT2D eigenvalue weighted by molar-refractivity contribution is -0.153. The van der Waals surface area contributed by atoms with Crippen LogP contribution in [0.4, 0.5) is 0 Å². The summed E-state index contributed by atoms with van der Waals surface area (Å²) in [6.07, 6.45) is 6.06. The number of hydrogen-bond donors (Lipinski definition) is 1. The van der Waals surface area contributed by atoms with Crippen LogP contribution >= 0.6 is 0 Å². The van der Waals surface area contributed by atoms with Gasteiger partial charge in [-0.05, 0) is 38.8 Å². The third-order valence-corrected chi connectivity index (χ3v) is 5.17. The topological polar surface area (TPSA) is 66.3 Å². The number of likely N-dealkylation sites (tertiary alicyclic amines) is 1. The molecule has 0 aliphatic carbocycles. The van der Waals surface area contributed by atoms with Crippen molar-refractivity contribution < 1.29 is 9.90 Å². The molecule has 25 heavy (non-hydrogen) atoms. The summed E-state index contributed by atoms with van der Waals surface area (Å²) in [6.45, 7) is 6.24. The first-order valence-corrected chi connectivity index (χ1v) is 8.86. The van der Waals surface area contributed by atoms with E-state index in [1.165, 1.54) is 5.56 Å². The molecule has 5 heteroatoms. The Kier molecular flexibility index (Phi) is 5.13. The second kappa shape index (κ2) is 7.31. The predicted molar refractivity (Wildman–Crippen MR) is 97.1 cm³/mol. The van der Waals surface area contributed by atoms with E-state index in [0.717, 1.165) is 36.3 Å². The molecule has 3 rings (SSSR count). The molecule has 1 aromatic heterocycles. The summed E-state index contributed by atoms with van der Waals surface area (Å²) in [4.78, 5) is 22.9. The lowest BCUT2D eigenvalue weighted by Crippen LogP contribution is -2.47. The van der Waals surface area contributed by atoms with Gasteiger partial charge in [-0.25, -0.2) is 9.97 Å². The minimum atomic E-state index is -0.675. The summed E-state index contributed by atoms with van der Waals surface area (Å²) in [6, 6.07) is 8.14. The first kappa shape index (κ1) is 17.5. The maximum Gasteiger partial charge on any atom is 0.310 e. The molecule has 1 saturated heterocycles. The molecule has 1 aliphatic heterocycles. The molecular formula is C20H25N3O2. The van der Waals surface area contributed by atoms with Crippen LogP contribution in [0.25, 0.3) is 11.4 Å². The summed E-state index contributed by atoms with van der Waals surface area (Å²) < 4.78 is 0. The van der Waals surface area contributed by atoms with Crippen molar-refractivity contribution in [2.75, 3.05) is 13.1 Å². The molecular weight excluding hydrogens is 314 g/mol. The standard InChI is InChI=1S/C20H25N3O2/c1-3-20(19(24)25)8-5-9-23(14-20)13-16-11-21-18(22-12-16)17-7-4-6-15(2)10-17/h4,6-7,10-12H,3,5,8-9,13-14H2,1-2H3,(H,24,25). The normalized spacial score (nSPS) is 21.2. The zero-order valence-electron chi connectivity index (χ0n) is 14.9. The minimum Gasteiger partial charge on any atom is -0.481 e. The van der Waals surface area contributed by atoms with Gasteiger partial charge in [0.25, 0.3) is 0 Å². The molecule has 1 N–H and O–H groups in total. The van der Waals surface area contributed by atoms with Gasteiger partial charge in [0.2, 0.25) is 0 Å². The van der Waals surface area contributed by atoms with Gasteiger partial charge in [-0.3, -0.25) is 9.69 Å². The van der Waals surface area contributed by atoms with Crippen molar-refractivity contribution in [3.63, 3.8) is 0 Å². The van der Waals surface area contributed by atoms with Gasteiger partial charge in [-0.1, -0.05) is 30.7 Å². The fourth-order valence-electron chi connectivity index (χ4n) is 3.60. The third-order valence-electron chi connectivity index (χ3n) is 5.17.